The van der Waals surface area contributed by atoms with Crippen LogP contribution in [-0.4, -0.2) is 24.0 Å². The number of nitrogens with one attached hydrogen (secondary N) is 1. The van der Waals surface area contributed by atoms with Crippen LogP contribution in [0.4, 0.5) is 0 Å². The van der Waals surface area contributed by atoms with Crippen molar-refractivity contribution in [2.45, 2.75) is 59.2 Å². The molecule has 0 aliphatic carbocycles. The zero-order valence-electron chi connectivity index (χ0n) is 15.5. The van der Waals surface area contributed by atoms with E-state index in [1.165, 1.54) is 0 Å². The highest BCUT2D eigenvalue weighted by atomic mass is 35.5. The van der Waals surface area contributed by atoms with E-state index < -0.39 is 18.1 Å². The molecule has 1 aromatic carbocycles. The van der Waals surface area contributed by atoms with Gasteiger partial charge in [-0.15, -0.1) is 12.4 Å². The Balaban J connectivity index is 0.00000576. The number of hydrogen-bond donors (Lipinski definition) is 2. The maximum absolute atomic E-state index is 12.4. The standard InChI is InChI=1S/C19H30N2O3.ClH/c1-13(2)10-16(20)18(22)21-17(11-14(3)4)19(23)24-12-15-8-6-5-7-9-15;/h5-9,13-14,16-17H,10-12,20H2,1-4H3,(H,21,22);1H/t16-,17+;/m1./s1. The first-order valence-electron chi connectivity index (χ1n) is 8.56. The van der Waals surface area contributed by atoms with Crippen molar-refractivity contribution < 1.29 is 14.3 Å². The summed E-state index contributed by atoms with van der Waals surface area (Å²) in [4.78, 5) is 24.6. The van der Waals surface area contributed by atoms with E-state index in [0.29, 0.717) is 18.8 Å². The number of esters is 1. The summed E-state index contributed by atoms with van der Waals surface area (Å²) in [7, 11) is 0. The second-order valence-corrected chi connectivity index (χ2v) is 7.02. The number of carbonyl (C=O) groups is 2. The van der Waals surface area contributed by atoms with Gasteiger partial charge in [0.15, 0.2) is 0 Å². The van der Waals surface area contributed by atoms with Crippen LogP contribution in [0.2, 0.25) is 0 Å². The third-order valence-corrected chi connectivity index (χ3v) is 3.59. The molecule has 1 amide bonds. The van der Waals surface area contributed by atoms with Crippen molar-refractivity contribution in [2.75, 3.05) is 0 Å². The Kier molecular flexibility index (Phi) is 11.1. The molecule has 0 fully saturated rings. The zero-order chi connectivity index (χ0) is 18.1. The van der Waals surface area contributed by atoms with Gasteiger partial charge in [0.2, 0.25) is 5.91 Å². The van der Waals surface area contributed by atoms with Gasteiger partial charge in [-0.2, -0.15) is 0 Å². The van der Waals surface area contributed by atoms with E-state index >= 15 is 0 Å². The number of rotatable bonds is 9. The van der Waals surface area contributed by atoms with Crippen LogP contribution in [-0.2, 0) is 20.9 Å². The van der Waals surface area contributed by atoms with Crippen LogP contribution in [0.15, 0.2) is 30.3 Å². The molecule has 0 aromatic heterocycles. The molecule has 25 heavy (non-hydrogen) atoms. The minimum atomic E-state index is -0.667. The summed E-state index contributed by atoms with van der Waals surface area (Å²) in [6.07, 6.45) is 1.10. The molecule has 0 spiro atoms. The van der Waals surface area contributed by atoms with E-state index in [2.05, 4.69) is 5.32 Å². The van der Waals surface area contributed by atoms with Gasteiger partial charge < -0.3 is 15.8 Å². The lowest BCUT2D eigenvalue weighted by atomic mass is 10.0. The third kappa shape index (κ3) is 9.46. The fourth-order valence-electron chi connectivity index (χ4n) is 2.41. The number of benzene rings is 1. The predicted octanol–water partition coefficient (Wildman–Crippen LogP) is 3.06. The van der Waals surface area contributed by atoms with Gasteiger partial charge in [0.25, 0.3) is 0 Å². The highest BCUT2D eigenvalue weighted by Crippen LogP contribution is 2.10. The number of amides is 1. The number of carbonyl (C=O) groups excluding carboxylic acids is 2. The molecular weight excluding hydrogens is 340 g/mol. The summed E-state index contributed by atoms with van der Waals surface area (Å²) in [6.45, 7) is 8.21. The molecule has 5 nitrogen and oxygen atoms in total. The maximum atomic E-state index is 12.4. The lowest BCUT2D eigenvalue weighted by Gasteiger charge is -2.22. The van der Waals surface area contributed by atoms with Gasteiger partial charge in [0.05, 0.1) is 6.04 Å². The van der Waals surface area contributed by atoms with Crippen LogP contribution in [0.25, 0.3) is 0 Å². The van der Waals surface area contributed by atoms with Gasteiger partial charge in [-0.1, -0.05) is 58.0 Å². The topological polar surface area (TPSA) is 81.4 Å². The van der Waals surface area contributed by atoms with Crippen LogP contribution in [0.1, 0.15) is 46.1 Å². The number of ether oxygens (including phenoxy) is 1. The molecule has 0 saturated heterocycles. The molecule has 0 aliphatic heterocycles. The smallest absolute Gasteiger partial charge is 0.328 e. The molecular formula is C19H31ClN2O3. The quantitative estimate of drug-likeness (QED) is 0.654. The Morgan fingerprint density at radius 1 is 1.04 bits per heavy atom. The van der Waals surface area contributed by atoms with Crippen LogP contribution in [0.5, 0.6) is 0 Å². The second kappa shape index (κ2) is 11.9. The Morgan fingerprint density at radius 3 is 2.12 bits per heavy atom. The molecule has 1 rings (SSSR count). The van der Waals surface area contributed by atoms with Crippen LogP contribution >= 0.6 is 12.4 Å². The minimum Gasteiger partial charge on any atom is -0.459 e. The Morgan fingerprint density at radius 2 is 1.60 bits per heavy atom. The summed E-state index contributed by atoms with van der Waals surface area (Å²) in [5.41, 5.74) is 6.81. The van der Waals surface area contributed by atoms with Gasteiger partial charge in [0, 0.05) is 0 Å². The average Bonchev–Trinajstić information content (AvgIpc) is 2.51. The first kappa shape index (κ1) is 23.4. The molecule has 0 heterocycles. The lowest BCUT2D eigenvalue weighted by molar-refractivity contribution is -0.149. The average molecular weight is 371 g/mol. The van der Waals surface area contributed by atoms with Crippen molar-refractivity contribution in [3.63, 3.8) is 0 Å². The van der Waals surface area contributed by atoms with E-state index in [-0.39, 0.29) is 30.8 Å². The molecule has 3 N–H and O–H groups in total. The first-order chi connectivity index (χ1) is 11.3. The molecule has 2 atom stereocenters. The van der Waals surface area contributed by atoms with Gasteiger partial charge in [-0.3, -0.25) is 4.79 Å². The summed E-state index contributed by atoms with van der Waals surface area (Å²) in [5.74, 6) is -0.149. The van der Waals surface area contributed by atoms with E-state index in [9.17, 15) is 9.59 Å². The van der Waals surface area contributed by atoms with Crippen molar-refractivity contribution in [2.24, 2.45) is 17.6 Å². The predicted molar refractivity (Wildman–Crippen MR) is 102 cm³/mol. The highest BCUT2D eigenvalue weighted by molar-refractivity contribution is 5.87. The molecule has 0 bridgehead atoms. The largest absolute Gasteiger partial charge is 0.459 e. The Hall–Kier alpha value is -1.59. The monoisotopic (exact) mass is 370 g/mol. The number of hydrogen-bond acceptors (Lipinski definition) is 4. The third-order valence-electron chi connectivity index (χ3n) is 3.59. The lowest BCUT2D eigenvalue weighted by Crippen LogP contribution is -2.49. The van der Waals surface area contributed by atoms with Crippen molar-refractivity contribution >= 4 is 24.3 Å². The van der Waals surface area contributed by atoms with E-state index in [1.807, 2.05) is 58.0 Å². The second-order valence-electron chi connectivity index (χ2n) is 7.02. The molecule has 0 saturated carbocycles. The Labute approximate surface area is 157 Å². The normalized spacial score (nSPS) is 13.1. The highest BCUT2D eigenvalue weighted by Gasteiger charge is 2.26. The summed E-state index contributed by atoms with van der Waals surface area (Å²) < 4.78 is 5.36. The molecule has 0 radical (unpaired) electrons. The molecule has 6 heteroatoms. The minimum absolute atomic E-state index is 0. The van der Waals surface area contributed by atoms with Crippen LogP contribution < -0.4 is 11.1 Å². The van der Waals surface area contributed by atoms with Gasteiger partial charge >= 0.3 is 5.97 Å². The Bertz CT molecular complexity index is 521. The van der Waals surface area contributed by atoms with Gasteiger partial charge in [0.1, 0.15) is 12.6 Å². The summed E-state index contributed by atoms with van der Waals surface area (Å²) >= 11 is 0. The molecule has 0 aliphatic rings. The summed E-state index contributed by atoms with van der Waals surface area (Å²) in [6, 6.07) is 8.19. The SMILES string of the molecule is CC(C)C[C@@H](N)C(=O)N[C@@H](CC(C)C)C(=O)OCc1ccccc1.Cl. The number of halogens is 1. The van der Waals surface area contributed by atoms with E-state index in [1.54, 1.807) is 0 Å². The van der Waals surface area contributed by atoms with E-state index in [0.717, 1.165) is 5.56 Å². The van der Waals surface area contributed by atoms with Crippen molar-refractivity contribution in [1.29, 1.82) is 0 Å². The number of nitrogens with two attached hydrogens (primary N) is 1. The first-order valence-corrected chi connectivity index (χ1v) is 8.56. The van der Waals surface area contributed by atoms with Crippen molar-refractivity contribution in [3.8, 4) is 0 Å². The van der Waals surface area contributed by atoms with E-state index in [4.69, 9.17) is 10.5 Å². The van der Waals surface area contributed by atoms with Crippen molar-refractivity contribution in [1.82, 2.24) is 5.32 Å². The van der Waals surface area contributed by atoms with Crippen LogP contribution in [0, 0.1) is 11.8 Å². The van der Waals surface area contributed by atoms with Crippen LogP contribution in [0.3, 0.4) is 0 Å². The van der Waals surface area contributed by atoms with Gasteiger partial charge in [-0.05, 0) is 30.2 Å². The zero-order valence-corrected chi connectivity index (χ0v) is 16.3. The fourth-order valence-corrected chi connectivity index (χ4v) is 2.41. The maximum Gasteiger partial charge on any atom is 0.328 e. The van der Waals surface area contributed by atoms with Crippen molar-refractivity contribution in [3.05, 3.63) is 35.9 Å². The molecule has 1 aromatic rings. The summed E-state index contributed by atoms with van der Waals surface area (Å²) in [5, 5.41) is 2.75. The fraction of sp³-hybridized carbons (Fsp3) is 0.579. The molecule has 0 unspecified atom stereocenters. The van der Waals surface area contributed by atoms with Gasteiger partial charge in [-0.25, -0.2) is 4.79 Å². The molecule has 142 valence electrons.